The number of quaternary nitrogens is 1. The molecule has 8 nitrogen and oxygen atoms in total. The van der Waals surface area contributed by atoms with E-state index in [1.807, 2.05) is 94.1 Å². The minimum absolute atomic E-state index is 0.0434. The summed E-state index contributed by atoms with van der Waals surface area (Å²) in [5.41, 5.74) is 0. The van der Waals surface area contributed by atoms with Crippen LogP contribution >= 0.6 is 0 Å². The first-order chi connectivity index (χ1) is 31.6. The third kappa shape index (κ3) is 45.5. The molecule has 2 unspecified atom stereocenters. The summed E-state index contributed by atoms with van der Waals surface area (Å²) in [5, 5.41) is 9.66. The van der Waals surface area contributed by atoms with E-state index in [1.54, 1.807) is 0 Å². The molecule has 0 rings (SSSR count). The number of hydrogen-bond donors (Lipinski definition) is 1. The molecule has 0 amide bonds. The topological polar surface area (TPSA) is 99.1 Å². The van der Waals surface area contributed by atoms with E-state index in [0.717, 1.165) is 51.4 Å². The highest BCUT2D eigenvalue weighted by molar-refractivity contribution is 5.72. The van der Waals surface area contributed by atoms with Crippen LogP contribution in [0, 0.1) is 0 Å². The van der Waals surface area contributed by atoms with Crippen molar-refractivity contribution in [1.29, 1.82) is 0 Å². The summed E-state index contributed by atoms with van der Waals surface area (Å²) in [6.45, 7) is 4.56. The summed E-state index contributed by atoms with van der Waals surface area (Å²) >= 11 is 0. The van der Waals surface area contributed by atoms with E-state index >= 15 is 0 Å². The summed E-state index contributed by atoms with van der Waals surface area (Å²) in [6.07, 6.45) is 62.1. The monoisotopic (exact) mass is 909 g/mol. The van der Waals surface area contributed by atoms with Crippen molar-refractivity contribution in [2.24, 2.45) is 0 Å². The van der Waals surface area contributed by atoms with Crippen molar-refractivity contribution < 1.29 is 38.2 Å². The highest BCUT2D eigenvalue weighted by atomic mass is 16.6. The molecule has 0 aromatic carbocycles. The molecule has 0 aliphatic carbocycles. The largest absolute Gasteiger partial charge is 0.477 e. The van der Waals surface area contributed by atoms with E-state index < -0.39 is 18.1 Å². The number of ether oxygens (including phenoxy) is 3. The van der Waals surface area contributed by atoms with E-state index in [0.29, 0.717) is 19.3 Å². The first-order valence-electron chi connectivity index (χ1n) is 26.2. The van der Waals surface area contributed by atoms with Gasteiger partial charge in [-0.3, -0.25) is 9.59 Å². The zero-order valence-electron chi connectivity index (χ0n) is 42.4. The molecule has 0 fully saturated rings. The lowest BCUT2D eigenvalue weighted by Gasteiger charge is -2.31. The molecule has 0 aliphatic heterocycles. The quantitative estimate of drug-likeness (QED) is 0.0281. The van der Waals surface area contributed by atoms with Crippen LogP contribution in [0.2, 0.25) is 0 Å². The normalized spacial score (nSPS) is 13.6. The van der Waals surface area contributed by atoms with Crippen LogP contribution in [-0.4, -0.2) is 80.6 Å². The zero-order valence-corrected chi connectivity index (χ0v) is 42.4. The molecule has 372 valence electrons. The van der Waals surface area contributed by atoms with Gasteiger partial charge in [0.15, 0.2) is 12.1 Å². The number of aliphatic carboxylic acids is 1. The van der Waals surface area contributed by atoms with Crippen molar-refractivity contribution in [2.45, 2.75) is 219 Å². The predicted molar refractivity (Wildman–Crippen MR) is 275 cm³/mol. The molecule has 0 saturated heterocycles. The summed E-state index contributed by atoms with van der Waals surface area (Å²) < 4.78 is 17.3. The average Bonchev–Trinajstić information content (AvgIpc) is 3.27. The van der Waals surface area contributed by atoms with Crippen LogP contribution in [0.15, 0.2) is 85.1 Å². The Morgan fingerprint density at radius 3 is 1.28 bits per heavy atom. The zero-order chi connectivity index (χ0) is 47.7. The van der Waals surface area contributed by atoms with Crippen LogP contribution in [0.1, 0.15) is 206 Å². The van der Waals surface area contributed by atoms with Gasteiger partial charge in [-0.25, -0.2) is 4.79 Å². The van der Waals surface area contributed by atoms with Gasteiger partial charge in [0.05, 0.1) is 34.4 Å². The van der Waals surface area contributed by atoms with Gasteiger partial charge in [-0.2, -0.15) is 0 Å². The predicted octanol–water partition coefficient (Wildman–Crippen LogP) is 15.3. The number of rotatable bonds is 46. The second-order valence-electron chi connectivity index (χ2n) is 18.6. The molecule has 8 heteroatoms. The lowest BCUT2D eigenvalue weighted by Crippen LogP contribution is -2.50. The second kappa shape index (κ2) is 47.0. The lowest BCUT2D eigenvalue weighted by atomic mass is 10.0. The van der Waals surface area contributed by atoms with E-state index in [4.69, 9.17) is 14.2 Å². The summed E-state index contributed by atoms with van der Waals surface area (Å²) in [4.78, 5) is 37.2. The maximum absolute atomic E-state index is 12.8. The van der Waals surface area contributed by atoms with Crippen LogP contribution < -0.4 is 0 Å². The first-order valence-corrected chi connectivity index (χ1v) is 26.2. The van der Waals surface area contributed by atoms with Crippen molar-refractivity contribution in [3.63, 3.8) is 0 Å². The highest BCUT2D eigenvalue weighted by Gasteiger charge is 2.31. The fraction of sp³-hybridized carbons (Fsp3) is 0.702. The van der Waals surface area contributed by atoms with Gasteiger partial charge in [0.2, 0.25) is 0 Å². The van der Waals surface area contributed by atoms with Crippen LogP contribution in [0.4, 0.5) is 0 Å². The minimum Gasteiger partial charge on any atom is -0.477 e. The molecule has 0 heterocycles. The van der Waals surface area contributed by atoms with Crippen LogP contribution in [0.25, 0.3) is 0 Å². The molecule has 0 saturated carbocycles. The number of unbranched alkanes of at least 4 members (excludes halogenated alkanes) is 24. The summed E-state index contributed by atoms with van der Waals surface area (Å²) in [5.74, 6) is -1.52. The van der Waals surface area contributed by atoms with Crippen LogP contribution in [0.5, 0.6) is 0 Å². The number of carbonyl (C=O) groups excluding carboxylic acids is 2. The molecule has 0 aromatic rings. The van der Waals surface area contributed by atoms with E-state index in [2.05, 4.69) is 26.0 Å². The van der Waals surface area contributed by atoms with Crippen molar-refractivity contribution in [2.75, 3.05) is 41.0 Å². The number of carboxylic acid groups (broad SMARTS) is 1. The smallest absolute Gasteiger partial charge is 0.362 e. The third-order valence-electron chi connectivity index (χ3n) is 11.5. The van der Waals surface area contributed by atoms with Gasteiger partial charge in [-0.05, 0) is 32.1 Å². The maximum atomic E-state index is 12.8. The first kappa shape index (κ1) is 61.5. The Bertz CT molecular complexity index is 1330. The van der Waals surface area contributed by atoms with E-state index in [1.165, 1.54) is 122 Å². The number of likely N-dealkylation sites (N-methyl/N-ethyl adjacent to an activating group) is 1. The minimum atomic E-state index is -0.883. The van der Waals surface area contributed by atoms with Crippen molar-refractivity contribution in [3.8, 4) is 0 Å². The molecule has 0 aromatic heterocycles. The molecular formula is C57H98NO7+. The second-order valence-corrected chi connectivity index (χ2v) is 18.6. The molecular weight excluding hydrogens is 811 g/mol. The molecule has 0 spiro atoms. The summed E-state index contributed by atoms with van der Waals surface area (Å²) in [6, 6.07) is -0.626. The van der Waals surface area contributed by atoms with Crippen LogP contribution in [-0.2, 0) is 28.6 Å². The average molecular weight is 909 g/mol. The van der Waals surface area contributed by atoms with Gasteiger partial charge in [0.25, 0.3) is 0 Å². The van der Waals surface area contributed by atoms with Crippen molar-refractivity contribution >= 4 is 17.9 Å². The van der Waals surface area contributed by atoms with Crippen LogP contribution in [0.3, 0.4) is 0 Å². The molecule has 65 heavy (non-hydrogen) atoms. The Morgan fingerprint density at radius 1 is 0.477 bits per heavy atom. The maximum Gasteiger partial charge on any atom is 0.362 e. The standard InChI is InChI=1S/C57H97NO7/c1-6-8-10-12-14-16-18-20-22-24-26-27-28-30-32-34-36-38-40-42-44-46-48-56(60)65-53(51-63-50-49-54(57(61)62)58(3,4)5)52-64-55(59)47-45-43-41-39-37-35-33-31-29-25-23-21-19-17-15-13-11-9-7-2/h9,11,13,15,17,19,21,23,25,29,31,33,35,37,53-54H,6-8,10,12,14,16,18,20,22,24,26-28,30,32,34,36,38-52H2,1-5H3/p+1/b11-9+,15-13+,19-17+,23-21+,29-25+,33-31+,37-35+. The highest BCUT2D eigenvalue weighted by Crippen LogP contribution is 2.16. The number of hydrogen-bond acceptors (Lipinski definition) is 6. The van der Waals surface area contributed by atoms with Gasteiger partial charge in [-0.15, -0.1) is 0 Å². The SMILES string of the molecule is CC/C=C/C=C/C=C/C=C/C=C/C=C/C=C/CCCCCC(=O)OCC(COCCC(C(=O)O)[N+](C)(C)C)OC(=O)CCCCCCCCCCCCCCCCCCCCCCCC. The Hall–Kier alpha value is -3.49. The fourth-order valence-electron chi connectivity index (χ4n) is 7.49. The fourth-order valence-corrected chi connectivity index (χ4v) is 7.49. The summed E-state index contributed by atoms with van der Waals surface area (Å²) in [7, 11) is 5.52. The molecule has 0 aliphatic rings. The van der Waals surface area contributed by atoms with Gasteiger partial charge in [0.1, 0.15) is 6.61 Å². The van der Waals surface area contributed by atoms with E-state index in [-0.39, 0.29) is 36.2 Å². The molecule has 1 N–H and O–H groups in total. The number of esters is 2. The number of carboxylic acids is 1. The molecule has 2 atom stereocenters. The van der Waals surface area contributed by atoms with Crippen molar-refractivity contribution in [1.82, 2.24) is 0 Å². The molecule has 0 bridgehead atoms. The number of nitrogens with zero attached hydrogens (tertiary/aromatic N) is 1. The van der Waals surface area contributed by atoms with Crippen molar-refractivity contribution in [3.05, 3.63) is 85.1 Å². The Balaban J connectivity index is 4.31. The van der Waals surface area contributed by atoms with E-state index in [9.17, 15) is 19.5 Å². The Kier molecular flexibility index (Phi) is 44.5. The van der Waals surface area contributed by atoms with Gasteiger partial charge in [0, 0.05) is 19.3 Å². The van der Waals surface area contributed by atoms with Gasteiger partial charge in [-0.1, -0.05) is 240 Å². The Morgan fingerprint density at radius 2 is 0.862 bits per heavy atom. The Labute approximate surface area is 399 Å². The lowest BCUT2D eigenvalue weighted by molar-refractivity contribution is -0.887. The number of allylic oxidation sites excluding steroid dienone is 14. The third-order valence-corrected chi connectivity index (χ3v) is 11.5. The number of carbonyl (C=O) groups is 3. The molecule has 0 radical (unpaired) electrons. The van der Waals surface area contributed by atoms with Gasteiger partial charge < -0.3 is 23.8 Å². The van der Waals surface area contributed by atoms with Gasteiger partial charge >= 0.3 is 17.9 Å².